The molecule has 2 aromatic rings. The number of amides is 2. The lowest BCUT2D eigenvalue weighted by atomic mass is 10.1. The average molecular weight is 474 g/mol. The first-order chi connectivity index (χ1) is 15.5. The van der Waals surface area contributed by atoms with Crippen molar-refractivity contribution in [3.05, 3.63) is 65.2 Å². The largest absolute Gasteiger partial charge is 0.496 e. The van der Waals surface area contributed by atoms with Crippen LogP contribution in [0.1, 0.15) is 31.1 Å². The van der Waals surface area contributed by atoms with Crippen molar-refractivity contribution >= 4 is 30.2 Å². The number of para-hydroxylation sites is 1. The summed E-state index contributed by atoms with van der Waals surface area (Å²) in [6.45, 7) is 3.88. The fourth-order valence-electron chi connectivity index (χ4n) is 4.09. The van der Waals surface area contributed by atoms with E-state index in [1.54, 1.807) is 48.5 Å². The predicted molar refractivity (Wildman–Crippen MR) is 125 cm³/mol. The second kappa shape index (κ2) is 10.8. The van der Waals surface area contributed by atoms with E-state index in [0.717, 1.165) is 26.2 Å². The fraction of sp³-hybridized carbons (Fsp3) is 0.375. The molecule has 0 aliphatic carbocycles. The summed E-state index contributed by atoms with van der Waals surface area (Å²) in [7, 11) is 3.56. The first-order valence-corrected chi connectivity index (χ1v) is 10.7. The molecule has 1 unspecified atom stereocenters. The van der Waals surface area contributed by atoms with Crippen molar-refractivity contribution in [2.24, 2.45) is 0 Å². The normalized spacial score (nSPS) is 17.3. The number of ether oxygens (including phenoxy) is 2. The van der Waals surface area contributed by atoms with Crippen LogP contribution in [0.25, 0.3) is 0 Å². The van der Waals surface area contributed by atoms with Crippen LogP contribution in [0, 0.1) is 0 Å². The first-order valence-electron chi connectivity index (χ1n) is 10.7. The maximum atomic E-state index is 13.0. The summed E-state index contributed by atoms with van der Waals surface area (Å²) in [4.78, 5) is 44.3. The van der Waals surface area contributed by atoms with Gasteiger partial charge in [-0.25, -0.2) is 4.79 Å². The third-order valence-electron chi connectivity index (χ3n) is 5.92. The molecule has 2 aromatic carbocycles. The van der Waals surface area contributed by atoms with Gasteiger partial charge in [-0.15, -0.1) is 12.4 Å². The molecule has 0 N–H and O–H groups in total. The summed E-state index contributed by atoms with van der Waals surface area (Å²) in [5.74, 6) is -0.848. The molecule has 2 aliphatic heterocycles. The number of rotatable bonds is 7. The smallest absolute Gasteiger partial charge is 0.342 e. The molecule has 0 spiro atoms. The SMILES string of the molecule is COc1ccccc1C(=O)OC(CN1CCN(C)CC1)CN1C(=O)c2ccccc2C1=O.Cl. The van der Waals surface area contributed by atoms with Gasteiger partial charge >= 0.3 is 5.97 Å². The molecule has 0 radical (unpaired) electrons. The highest BCUT2D eigenvalue weighted by atomic mass is 35.5. The zero-order valence-electron chi connectivity index (χ0n) is 18.7. The third kappa shape index (κ3) is 5.35. The summed E-state index contributed by atoms with van der Waals surface area (Å²) in [5, 5.41) is 0. The van der Waals surface area contributed by atoms with E-state index in [1.807, 2.05) is 0 Å². The molecule has 2 amide bonds. The van der Waals surface area contributed by atoms with E-state index in [9.17, 15) is 14.4 Å². The standard InChI is InChI=1S/C24H27N3O5.ClH/c1-25-11-13-26(14-12-25)15-17(32-24(30)20-9-5-6-10-21(20)31-2)16-27-22(28)18-7-3-4-8-19(18)23(27)29;/h3-10,17H,11-16H2,1-2H3;1H. The van der Waals surface area contributed by atoms with Crippen LogP contribution in [0.3, 0.4) is 0 Å². The fourth-order valence-corrected chi connectivity index (χ4v) is 4.09. The Labute approximate surface area is 199 Å². The Morgan fingerprint density at radius 3 is 2.09 bits per heavy atom. The number of nitrogens with zero attached hydrogens (tertiary/aromatic N) is 3. The molecule has 176 valence electrons. The Bertz CT molecular complexity index is 988. The topological polar surface area (TPSA) is 79.4 Å². The van der Waals surface area contributed by atoms with Crippen molar-refractivity contribution in [3.63, 3.8) is 0 Å². The van der Waals surface area contributed by atoms with Gasteiger partial charge in [0.25, 0.3) is 11.8 Å². The monoisotopic (exact) mass is 473 g/mol. The van der Waals surface area contributed by atoms with Gasteiger partial charge in [-0.1, -0.05) is 24.3 Å². The lowest BCUT2D eigenvalue weighted by molar-refractivity contribution is 0.00531. The molecule has 4 rings (SSSR count). The minimum absolute atomic E-state index is 0. The zero-order valence-corrected chi connectivity index (χ0v) is 19.5. The van der Waals surface area contributed by atoms with Gasteiger partial charge < -0.3 is 14.4 Å². The van der Waals surface area contributed by atoms with Gasteiger partial charge in [0.15, 0.2) is 0 Å². The highest BCUT2D eigenvalue weighted by Gasteiger charge is 2.38. The van der Waals surface area contributed by atoms with E-state index in [1.165, 1.54) is 12.0 Å². The molecule has 9 heteroatoms. The Kier molecular flexibility index (Phi) is 8.07. The molecule has 1 fully saturated rings. The van der Waals surface area contributed by atoms with Gasteiger partial charge in [-0.05, 0) is 31.3 Å². The van der Waals surface area contributed by atoms with Crippen LogP contribution in [-0.2, 0) is 4.74 Å². The van der Waals surface area contributed by atoms with Crippen LogP contribution in [-0.4, -0.2) is 92.0 Å². The maximum Gasteiger partial charge on any atom is 0.342 e. The van der Waals surface area contributed by atoms with E-state index >= 15 is 0 Å². The van der Waals surface area contributed by atoms with Crippen LogP contribution in [0.4, 0.5) is 0 Å². The van der Waals surface area contributed by atoms with E-state index in [-0.39, 0.29) is 30.8 Å². The number of benzene rings is 2. The minimum Gasteiger partial charge on any atom is -0.496 e. The molecule has 1 saturated heterocycles. The number of carbonyl (C=O) groups is 3. The first kappa shape index (κ1) is 24.7. The highest BCUT2D eigenvalue weighted by Crippen LogP contribution is 2.24. The number of carbonyl (C=O) groups excluding carboxylic acids is 3. The summed E-state index contributed by atoms with van der Waals surface area (Å²) in [6.07, 6.45) is -0.668. The Morgan fingerprint density at radius 1 is 0.909 bits per heavy atom. The Morgan fingerprint density at radius 2 is 1.48 bits per heavy atom. The summed E-state index contributed by atoms with van der Waals surface area (Å²) in [6, 6.07) is 13.6. The molecular formula is C24H28ClN3O5. The molecule has 0 saturated carbocycles. The summed E-state index contributed by atoms with van der Waals surface area (Å²) in [5.41, 5.74) is 1.07. The van der Waals surface area contributed by atoms with Gasteiger partial charge in [-0.3, -0.25) is 19.4 Å². The number of imide groups is 1. The molecular weight excluding hydrogens is 446 g/mol. The summed E-state index contributed by atoms with van der Waals surface area (Å²) >= 11 is 0. The number of fused-ring (bicyclic) bond motifs is 1. The molecule has 0 bridgehead atoms. The number of methoxy groups -OCH3 is 1. The number of halogens is 1. The molecule has 1 atom stereocenters. The van der Waals surface area contributed by atoms with Gasteiger partial charge in [-0.2, -0.15) is 0 Å². The quantitative estimate of drug-likeness (QED) is 0.450. The molecule has 0 aromatic heterocycles. The third-order valence-corrected chi connectivity index (χ3v) is 5.92. The number of likely N-dealkylation sites (N-methyl/N-ethyl adjacent to an activating group) is 1. The van der Waals surface area contributed by atoms with Gasteiger partial charge in [0, 0.05) is 32.7 Å². The van der Waals surface area contributed by atoms with Crippen molar-refractivity contribution in [2.75, 3.05) is 53.4 Å². The van der Waals surface area contributed by atoms with Crippen LogP contribution in [0.2, 0.25) is 0 Å². The van der Waals surface area contributed by atoms with E-state index < -0.39 is 12.1 Å². The van der Waals surface area contributed by atoms with Crippen molar-refractivity contribution in [1.82, 2.24) is 14.7 Å². The maximum absolute atomic E-state index is 13.0. The lowest BCUT2D eigenvalue weighted by Gasteiger charge is -2.35. The number of piperazine rings is 1. The van der Waals surface area contributed by atoms with Crippen LogP contribution >= 0.6 is 12.4 Å². The number of hydrogen-bond acceptors (Lipinski definition) is 7. The van der Waals surface area contributed by atoms with Gasteiger partial charge in [0.2, 0.25) is 0 Å². The highest BCUT2D eigenvalue weighted by molar-refractivity contribution is 6.21. The van der Waals surface area contributed by atoms with E-state index in [0.29, 0.717) is 29.0 Å². The molecule has 2 aliphatic rings. The molecule has 2 heterocycles. The number of hydrogen-bond donors (Lipinski definition) is 0. The van der Waals surface area contributed by atoms with Crippen molar-refractivity contribution in [1.29, 1.82) is 0 Å². The average Bonchev–Trinajstić information content (AvgIpc) is 3.05. The Balaban J connectivity index is 0.00000306. The van der Waals surface area contributed by atoms with Crippen LogP contribution in [0.5, 0.6) is 5.75 Å². The lowest BCUT2D eigenvalue weighted by Crippen LogP contribution is -2.50. The van der Waals surface area contributed by atoms with Crippen LogP contribution < -0.4 is 4.74 Å². The molecule has 33 heavy (non-hydrogen) atoms. The van der Waals surface area contributed by atoms with Crippen LogP contribution in [0.15, 0.2) is 48.5 Å². The van der Waals surface area contributed by atoms with E-state index in [4.69, 9.17) is 9.47 Å². The van der Waals surface area contributed by atoms with Gasteiger partial charge in [0.05, 0.1) is 24.8 Å². The Hall–Kier alpha value is -2.94. The second-order valence-electron chi connectivity index (χ2n) is 8.10. The summed E-state index contributed by atoms with van der Waals surface area (Å²) < 4.78 is 11.1. The predicted octanol–water partition coefficient (Wildman–Crippen LogP) is 2.19. The van der Waals surface area contributed by atoms with Crippen molar-refractivity contribution in [3.8, 4) is 5.75 Å². The zero-order chi connectivity index (χ0) is 22.7. The van der Waals surface area contributed by atoms with E-state index in [2.05, 4.69) is 16.8 Å². The van der Waals surface area contributed by atoms with Crippen molar-refractivity contribution in [2.45, 2.75) is 6.10 Å². The minimum atomic E-state index is -0.668. The van der Waals surface area contributed by atoms with Gasteiger partial charge in [0.1, 0.15) is 17.4 Å². The number of esters is 1. The second-order valence-corrected chi connectivity index (χ2v) is 8.10. The molecule has 8 nitrogen and oxygen atoms in total. The van der Waals surface area contributed by atoms with Crippen molar-refractivity contribution < 1.29 is 23.9 Å².